The van der Waals surface area contributed by atoms with E-state index in [1.54, 1.807) is 31.2 Å². The first kappa shape index (κ1) is 19.5. The Kier molecular flexibility index (Phi) is 5.91. The molecule has 0 aliphatic carbocycles. The van der Waals surface area contributed by atoms with Crippen LogP contribution in [0.25, 0.3) is 11.1 Å². The van der Waals surface area contributed by atoms with Crippen LogP contribution < -0.4 is 0 Å². The second kappa shape index (κ2) is 7.58. The number of benzene rings is 2. The van der Waals surface area contributed by atoms with Gasteiger partial charge in [0.2, 0.25) is 0 Å². The maximum Gasteiger partial charge on any atom is 0.303 e. The molecule has 0 saturated heterocycles. The number of carboxylic acid groups (broad SMARTS) is 1. The zero-order chi connectivity index (χ0) is 18.8. The molecule has 134 valence electrons. The van der Waals surface area contributed by atoms with Crippen LogP contribution in [-0.2, 0) is 21.1 Å². The minimum absolute atomic E-state index is 0.00767. The van der Waals surface area contributed by atoms with Crippen LogP contribution in [-0.4, -0.2) is 25.2 Å². The van der Waals surface area contributed by atoms with Gasteiger partial charge in [-0.05, 0) is 72.4 Å². The Morgan fingerprint density at radius 2 is 1.76 bits per heavy atom. The second-order valence-corrected chi connectivity index (χ2v) is 8.72. The molecule has 2 rings (SSSR count). The summed E-state index contributed by atoms with van der Waals surface area (Å²) in [7, 11) is -3.26. The lowest BCUT2D eigenvalue weighted by atomic mass is 9.92. The molecule has 0 aliphatic rings. The van der Waals surface area contributed by atoms with Crippen molar-refractivity contribution in [3.05, 3.63) is 52.0 Å². The van der Waals surface area contributed by atoms with Crippen LogP contribution in [0, 0.1) is 13.8 Å². The van der Waals surface area contributed by atoms with Gasteiger partial charge in [-0.1, -0.05) is 24.6 Å². The zero-order valence-electron chi connectivity index (χ0n) is 14.5. The molecule has 0 atom stereocenters. The van der Waals surface area contributed by atoms with Crippen molar-refractivity contribution < 1.29 is 18.3 Å². The van der Waals surface area contributed by atoms with E-state index in [2.05, 4.69) is 0 Å². The lowest BCUT2D eigenvalue weighted by molar-refractivity contribution is -0.136. The molecule has 25 heavy (non-hydrogen) atoms. The molecule has 4 nitrogen and oxygen atoms in total. The Bertz CT molecular complexity index is 917. The minimum atomic E-state index is -3.26. The maximum absolute atomic E-state index is 12.1. The van der Waals surface area contributed by atoms with E-state index in [9.17, 15) is 13.2 Å². The van der Waals surface area contributed by atoms with Crippen LogP contribution in [0.3, 0.4) is 0 Å². The van der Waals surface area contributed by atoms with Crippen molar-refractivity contribution in [2.24, 2.45) is 0 Å². The Hall–Kier alpha value is -1.85. The van der Waals surface area contributed by atoms with Crippen LogP contribution in [0.1, 0.15) is 30.0 Å². The van der Waals surface area contributed by atoms with E-state index in [-0.39, 0.29) is 12.2 Å². The van der Waals surface area contributed by atoms with Crippen LogP contribution in [0.15, 0.2) is 35.2 Å². The fraction of sp³-hybridized carbons (Fsp3) is 0.316. The molecule has 2 aromatic rings. The molecule has 0 bridgehead atoms. The van der Waals surface area contributed by atoms with Gasteiger partial charge in [0.05, 0.1) is 10.6 Å². The van der Waals surface area contributed by atoms with Gasteiger partial charge in [-0.3, -0.25) is 4.79 Å². The van der Waals surface area contributed by atoms with E-state index < -0.39 is 15.8 Å². The second-order valence-electron chi connectivity index (χ2n) is 6.03. The Balaban J connectivity index is 2.57. The number of rotatable bonds is 6. The van der Waals surface area contributed by atoms with Crippen molar-refractivity contribution in [3.63, 3.8) is 0 Å². The van der Waals surface area contributed by atoms with E-state index in [1.165, 1.54) is 0 Å². The number of aliphatic carboxylic acids is 1. The molecular weight excluding hydrogens is 360 g/mol. The zero-order valence-corrected chi connectivity index (χ0v) is 16.0. The fourth-order valence-electron chi connectivity index (χ4n) is 2.72. The summed E-state index contributed by atoms with van der Waals surface area (Å²) in [6, 6.07) is 8.77. The third-order valence-corrected chi connectivity index (χ3v) is 6.36. The van der Waals surface area contributed by atoms with Gasteiger partial charge in [0, 0.05) is 11.4 Å². The van der Waals surface area contributed by atoms with Crippen LogP contribution in [0.5, 0.6) is 0 Å². The highest BCUT2D eigenvalue weighted by Crippen LogP contribution is 2.33. The van der Waals surface area contributed by atoms with Gasteiger partial charge in [0.15, 0.2) is 9.84 Å². The smallest absolute Gasteiger partial charge is 0.303 e. The van der Waals surface area contributed by atoms with E-state index in [4.69, 9.17) is 16.7 Å². The molecule has 0 amide bonds. The molecule has 2 aromatic carbocycles. The van der Waals surface area contributed by atoms with Crippen LogP contribution >= 0.6 is 11.6 Å². The molecule has 1 N–H and O–H groups in total. The monoisotopic (exact) mass is 380 g/mol. The summed E-state index contributed by atoms with van der Waals surface area (Å²) >= 11 is 6.21. The first-order chi connectivity index (χ1) is 11.7. The Labute approximate surface area is 153 Å². The summed E-state index contributed by atoms with van der Waals surface area (Å²) < 4.78 is 24.1. The van der Waals surface area contributed by atoms with E-state index in [1.807, 2.05) is 19.9 Å². The Morgan fingerprint density at radius 1 is 1.08 bits per heavy atom. The van der Waals surface area contributed by atoms with Crippen molar-refractivity contribution in [2.45, 2.75) is 38.5 Å². The number of sulfone groups is 1. The number of aryl methyl sites for hydroxylation is 3. The first-order valence-corrected chi connectivity index (χ1v) is 10.0. The van der Waals surface area contributed by atoms with Gasteiger partial charge in [-0.2, -0.15) is 0 Å². The molecule has 0 saturated carbocycles. The first-order valence-electron chi connectivity index (χ1n) is 8.00. The van der Waals surface area contributed by atoms with Gasteiger partial charge in [-0.25, -0.2) is 8.42 Å². The molecule has 0 aromatic heterocycles. The van der Waals surface area contributed by atoms with Gasteiger partial charge in [0.1, 0.15) is 0 Å². The number of hydrogen-bond acceptors (Lipinski definition) is 3. The van der Waals surface area contributed by atoms with Gasteiger partial charge < -0.3 is 5.11 Å². The highest BCUT2D eigenvalue weighted by atomic mass is 35.5. The molecular formula is C19H21ClO4S. The average Bonchev–Trinajstić information content (AvgIpc) is 2.55. The van der Waals surface area contributed by atoms with Crippen molar-refractivity contribution in [1.82, 2.24) is 0 Å². The SMILES string of the molecule is CCS(=O)(=O)c1ccc(-c2cc(C)c(Cl)cc2CCC(=O)O)c(C)c1. The number of carbonyl (C=O) groups is 1. The molecule has 0 heterocycles. The number of hydrogen-bond donors (Lipinski definition) is 1. The standard InChI is InChI=1S/C19H21ClO4S/c1-4-25(23,24)15-6-7-16(12(2)9-15)17-10-13(3)18(20)11-14(17)5-8-19(21)22/h6-7,9-11H,4-5,8H2,1-3H3,(H,21,22). The highest BCUT2D eigenvalue weighted by molar-refractivity contribution is 7.91. The van der Waals surface area contributed by atoms with Crippen LogP contribution in [0.2, 0.25) is 5.02 Å². The molecule has 0 unspecified atom stereocenters. The van der Waals surface area contributed by atoms with Crippen LogP contribution in [0.4, 0.5) is 0 Å². The minimum Gasteiger partial charge on any atom is -0.481 e. The number of halogens is 1. The molecule has 0 spiro atoms. The third kappa shape index (κ3) is 4.41. The van der Waals surface area contributed by atoms with E-state index in [0.717, 1.165) is 27.8 Å². The molecule has 6 heteroatoms. The van der Waals surface area contributed by atoms with Gasteiger partial charge >= 0.3 is 5.97 Å². The predicted octanol–water partition coefficient (Wildman–Crippen LogP) is 4.43. The Morgan fingerprint density at radius 3 is 2.32 bits per heavy atom. The molecule has 0 fully saturated rings. The summed E-state index contributed by atoms with van der Waals surface area (Å²) in [6.07, 6.45) is 0.368. The normalized spacial score (nSPS) is 11.5. The van der Waals surface area contributed by atoms with E-state index >= 15 is 0 Å². The quantitative estimate of drug-likeness (QED) is 0.804. The summed E-state index contributed by atoms with van der Waals surface area (Å²) in [5.74, 6) is -0.820. The summed E-state index contributed by atoms with van der Waals surface area (Å²) in [4.78, 5) is 11.2. The van der Waals surface area contributed by atoms with E-state index in [0.29, 0.717) is 16.3 Å². The third-order valence-electron chi connectivity index (χ3n) is 4.22. The maximum atomic E-state index is 12.1. The van der Waals surface area contributed by atoms with Crippen molar-refractivity contribution in [1.29, 1.82) is 0 Å². The van der Waals surface area contributed by atoms with Gasteiger partial charge in [0.25, 0.3) is 0 Å². The topological polar surface area (TPSA) is 71.4 Å². The van der Waals surface area contributed by atoms with Crippen molar-refractivity contribution in [3.8, 4) is 11.1 Å². The number of carboxylic acids is 1. The van der Waals surface area contributed by atoms with Crippen molar-refractivity contribution in [2.75, 3.05) is 5.75 Å². The average molecular weight is 381 g/mol. The summed E-state index contributed by atoms with van der Waals surface area (Å²) in [5, 5.41) is 9.56. The lowest BCUT2D eigenvalue weighted by Crippen LogP contribution is -2.04. The molecule has 0 aliphatic heterocycles. The lowest BCUT2D eigenvalue weighted by Gasteiger charge is -2.15. The predicted molar refractivity (Wildman–Crippen MR) is 100 cm³/mol. The summed E-state index contributed by atoms with van der Waals surface area (Å²) in [6.45, 7) is 5.36. The largest absolute Gasteiger partial charge is 0.481 e. The molecule has 0 radical (unpaired) electrons. The fourth-order valence-corrected chi connectivity index (χ4v) is 3.87. The van der Waals surface area contributed by atoms with Gasteiger partial charge in [-0.15, -0.1) is 0 Å². The highest BCUT2D eigenvalue weighted by Gasteiger charge is 2.16. The summed E-state index contributed by atoms with van der Waals surface area (Å²) in [5.41, 5.74) is 4.33. The van der Waals surface area contributed by atoms with Crippen molar-refractivity contribution >= 4 is 27.4 Å².